The fourth-order valence-electron chi connectivity index (χ4n) is 3.04. The zero-order chi connectivity index (χ0) is 21.1. The van der Waals surface area contributed by atoms with E-state index in [4.69, 9.17) is 9.47 Å². The summed E-state index contributed by atoms with van der Waals surface area (Å²) in [6, 6.07) is 19.2. The number of hydrogen-bond acceptors (Lipinski definition) is 5. The van der Waals surface area contributed by atoms with Crippen LogP contribution in [-0.4, -0.2) is 32.3 Å². The molecule has 0 saturated heterocycles. The van der Waals surface area contributed by atoms with Crippen LogP contribution in [0.5, 0.6) is 0 Å². The minimum absolute atomic E-state index is 0.379. The SMILES string of the molecule is COC(=O)N[C@@H](CCc1ccccc1)/C(C(=O)OC)=C(\C)NCc1ccccc1. The number of alkyl carbamates (subject to hydrolysis) is 1. The summed E-state index contributed by atoms with van der Waals surface area (Å²) >= 11 is 0. The molecule has 0 aliphatic rings. The molecule has 2 N–H and O–H groups in total. The van der Waals surface area contributed by atoms with Gasteiger partial charge in [-0.15, -0.1) is 0 Å². The van der Waals surface area contributed by atoms with Gasteiger partial charge in [0.2, 0.25) is 0 Å². The van der Waals surface area contributed by atoms with Crippen molar-refractivity contribution in [2.24, 2.45) is 0 Å². The van der Waals surface area contributed by atoms with Gasteiger partial charge in [-0.2, -0.15) is 0 Å². The molecule has 0 aliphatic carbocycles. The largest absolute Gasteiger partial charge is 0.466 e. The van der Waals surface area contributed by atoms with Gasteiger partial charge in [-0.05, 0) is 30.9 Å². The van der Waals surface area contributed by atoms with Crippen molar-refractivity contribution in [1.29, 1.82) is 0 Å². The Balaban J connectivity index is 2.24. The van der Waals surface area contributed by atoms with Crippen molar-refractivity contribution in [2.45, 2.75) is 32.4 Å². The molecule has 154 valence electrons. The minimum atomic E-state index is -0.597. The van der Waals surface area contributed by atoms with Crippen molar-refractivity contribution < 1.29 is 19.1 Å². The second-order valence-corrected chi connectivity index (χ2v) is 6.58. The topological polar surface area (TPSA) is 76.7 Å². The molecule has 1 amide bonds. The molecule has 0 bridgehead atoms. The third kappa shape index (κ3) is 6.99. The summed E-state index contributed by atoms with van der Waals surface area (Å²) in [7, 11) is 2.63. The standard InChI is InChI=1S/C23H28N2O4/c1-17(24-16-19-12-8-5-9-13-19)21(22(26)28-2)20(25-23(27)29-3)15-14-18-10-6-4-7-11-18/h4-13,20,24H,14-16H2,1-3H3,(H,25,27)/b21-17-/t20-/m0/s1. The van der Waals surface area contributed by atoms with Gasteiger partial charge in [-0.1, -0.05) is 60.7 Å². The molecular weight excluding hydrogens is 368 g/mol. The zero-order valence-corrected chi connectivity index (χ0v) is 17.1. The van der Waals surface area contributed by atoms with E-state index in [1.54, 1.807) is 0 Å². The molecule has 29 heavy (non-hydrogen) atoms. The number of aryl methyl sites for hydroxylation is 1. The van der Waals surface area contributed by atoms with Gasteiger partial charge in [0.15, 0.2) is 0 Å². The molecule has 0 heterocycles. The van der Waals surface area contributed by atoms with Crippen molar-refractivity contribution in [3.63, 3.8) is 0 Å². The molecule has 0 radical (unpaired) electrons. The van der Waals surface area contributed by atoms with Crippen molar-refractivity contribution in [3.8, 4) is 0 Å². The summed E-state index contributed by atoms with van der Waals surface area (Å²) in [6.07, 6.45) is 0.607. The number of nitrogens with one attached hydrogen (secondary N) is 2. The van der Waals surface area contributed by atoms with Gasteiger partial charge in [0.1, 0.15) is 0 Å². The third-order valence-corrected chi connectivity index (χ3v) is 4.60. The normalized spacial score (nSPS) is 12.4. The molecule has 2 aromatic carbocycles. The fraction of sp³-hybridized carbons (Fsp3) is 0.304. The summed E-state index contributed by atoms with van der Waals surface area (Å²) in [6.45, 7) is 2.36. The molecule has 0 aromatic heterocycles. The number of carbonyl (C=O) groups is 2. The van der Waals surface area contributed by atoms with Gasteiger partial charge < -0.3 is 20.1 Å². The zero-order valence-electron chi connectivity index (χ0n) is 17.1. The van der Waals surface area contributed by atoms with E-state index in [1.165, 1.54) is 14.2 Å². The van der Waals surface area contributed by atoms with Gasteiger partial charge in [0.05, 0.1) is 25.8 Å². The quantitative estimate of drug-likeness (QED) is 0.500. The molecule has 0 unspecified atom stereocenters. The maximum Gasteiger partial charge on any atom is 0.407 e. The number of esters is 1. The number of benzene rings is 2. The lowest BCUT2D eigenvalue weighted by atomic mass is 9.97. The molecule has 0 spiro atoms. The van der Waals surface area contributed by atoms with Gasteiger partial charge in [0.25, 0.3) is 0 Å². The number of ether oxygens (including phenoxy) is 2. The van der Waals surface area contributed by atoms with Crippen LogP contribution < -0.4 is 10.6 Å². The molecule has 2 aromatic rings. The van der Waals surface area contributed by atoms with Crippen LogP contribution in [0.4, 0.5) is 4.79 Å². The monoisotopic (exact) mass is 396 g/mol. The summed E-state index contributed by atoms with van der Waals surface area (Å²) in [5.74, 6) is -0.488. The second-order valence-electron chi connectivity index (χ2n) is 6.58. The maximum atomic E-state index is 12.6. The molecule has 0 saturated carbocycles. The Labute approximate surface area is 171 Å². The predicted octanol–water partition coefficient (Wildman–Crippen LogP) is 3.58. The molecule has 6 heteroatoms. The van der Waals surface area contributed by atoms with Crippen molar-refractivity contribution >= 4 is 12.1 Å². The molecule has 6 nitrogen and oxygen atoms in total. The Kier molecular flexibility index (Phi) is 8.76. The highest BCUT2D eigenvalue weighted by atomic mass is 16.5. The first-order valence-electron chi connectivity index (χ1n) is 9.50. The van der Waals surface area contributed by atoms with Gasteiger partial charge in [-0.3, -0.25) is 0 Å². The summed E-state index contributed by atoms with van der Waals surface area (Å²) in [4.78, 5) is 24.5. The summed E-state index contributed by atoms with van der Waals surface area (Å²) < 4.78 is 9.77. The first-order valence-corrected chi connectivity index (χ1v) is 9.50. The number of hydrogen-bond donors (Lipinski definition) is 2. The Bertz CT molecular complexity index is 819. The van der Waals surface area contributed by atoms with Crippen LogP contribution >= 0.6 is 0 Å². The fourth-order valence-corrected chi connectivity index (χ4v) is 3.04. The third-order valence-electron chi connectivity index (χ3n) is 4.60. The van der Waals surface area contributed by atoms with E-state index in [0.717, 1.165) is 11.1 Å². The van der Waals surface area contributed by atoms with E-state index in [0.29, 0.717) is 30.7 Å². The highest BCUT2D eigenvalue weighted by Gasteiger charge is 2.26. The summed E-state index contributed by atoms with van der Waals surface area (Å²) in [5.41, 5.74) is 3.22. The van der Waals surface area contributed by atoms with Crippen LogP contribution in [0.1, 0.15) is 24.5 Å². The van der Waals surface area contributed by atoms with Crippen LogP contribution in [0, 0.1) is 0 Å². The van der Waals surface area contributed by atoms with E-state index in [1.807, 2.05) is 67.6 Å². The number of allylic oxidation sites excluding steroid dienone is 1. The Morgan fingerprint density at radius 2 is 1.48 bits per heavy atom. The number of rotatable bonds is 9. The molecule has 2 rings (SSSR count). The minimum Gasteiger partial charge on any atom is -0.466 e. The lowest BCUT2D eigenvalue weighted by Crippen LogP contribution is -2.40. The highest BCUT2D eigenvalue weighted by molar-refractivity contribution is 5.91. The Hall–Kier alpha value is -3.28. The van der Waals surface area contributed by atoms with Crippen molar-refractivity contribution in [3.05, 3.63) is 83.1 Å². The number of amides is 1. The van der Waals surface area contributed by atoms with Crippen LogP contribution in [0.3, 0.4) is 0 Å². The van der Waals surface area contributed by atoms with Gasteiger partial charge >= 0.3 is 12.1 Å². The van der Waals surface area contributed by atoms with Gasteiger partial charge in [-0.25, -0.2) is 9.59 Å². The van der Waals surface area contributed by atoms with E-state index >= 15 is 0 Å². The highest BCUT2D eigenvalue weighted by Crippen LogP contribution is 2.17. The van der Waals surface area contributed by atoms with Crippen LogP contribution in [-0.2, 0) is 27.2 Å². The molecule has 0 aliphatic heterocycles. The van der Waals surface area contributed by atoms with Crippen molar-refractivity contribution in [2.75, 3.05) is 14.2 Å². The number of methoxy groups -OCH3 is 2. The average Bonchev–Trinajstić information content (AvgIpc) is 2.77. The second kappa shape index (κ2) is 11.5. The van der Waals surface area contributed by atoms with E-state index in [2.05, 4.69) is 10.6 Å². The Morgan fingerprint density at radius 1 is 0.897 bits per heavy atom. The first kappa shape index (κ1) is 22.0. The van der Waals surface area contributed by atoms with E-state index in [9.17, 15) is 9.59 Å². The van der Waals surface area contributed by atoms with Crippen LogP contribution in [0.15, 0.2) is 71.9 Å². The maximum absolute atomic E-state index is 12.6. The molecule has 0 fully saturated rings. The lowest BCUT2D eigenvalue weighted by Gasteiger charge is -2.23. The van der Waals surface area contributed by atoms with Crippen LogP contribution in [0.2, 0.25) is 0 Å². The van der Waals surface area contributed by atoms with E-state index < -0.39 is 18.1 Å². The van der Waals surface area contributed by atoms with E-state index in [-0.39, 0.29) is 0 Å². The van der Waals surface area contributed by atoms with Crippen molar-refractivity contribution in [1.82, 2.24) is 10.6 Å². The van der Waals surface area contributed by atoms with Crippen LogP contribution in [0.25, 0.3) is 0 Å². The first-order chi connectivity index (χ1) is 14.0. The average molecular weight is 396 g/mol. The lowest BCUT2D eigenvalue weighted by molar-refractivity contribution is -0.136. The smallest absolute Gasteiger partial charge is 0.407 e. The Morgan fingerprint density at radius 3 is 2.03 bits per heavy atom. The number of carbonyl (C=O) groups excluding carboxylic acids is 2. The molecule has 1 atom stereocenters. The van der Waals surface area contributed by atoms with Gasteiger partial charge in [0, 0.05) is 12.2 Å². The predicted molar refractivity (Wildman–Crippen MR) is 112 cm³/mol. The molecular formula is C23H28N2O4. The summed E-state index contributed by atoms with van der Waals surface area (Å²) in [5, 5.41) is 6.04.